The molecule has 3 amide bonds. The van der Waals surface area contributed by atoms with Crippen molar-refractivity contribution in [2.75, 3.05) is 72.2 Å². The van der Waals surface area contributed by atoms with Crippen LogP contribution < -0.4 is 0 Å². The van der Waals surface area contributed by atoms with Gasteiger partial charge in [-0.3, -0.25) is 19.3 Å². The number of ether oxygens (including phenoxy) is 2. The summed E-state index contributed by atoms with van der Waals surface area (Å²) in [5.41, 5.74) is -2.15. The van der Waals surface area contributed by atoms with Crippen molar-refractivity contribution in [2.45, 2.75) is 56.8 Å². The largest absolute Gasteiger partial charge is 0.396 e. The van der Waals surface area contributed by atoms with Crippen molar-refractivity contribution in [3.8, 4) is 0 Å². The highest BCUT2D eigenvalue weighted by molar-refractivity contribution is 6.00. The molecule has 0 aromatic rings. The van der Waals surface area contributed by atoms with Gasteiger partial charge in [0.15, 0.2) is 0 Å². The molecule has 10 nitrogen and oxygen atoms in total. The van der Waals surface area contributed by atoms with E-state index in [2.05, 4.69) is 4.90 Å². The quantitative estimate of drug-likeness (QED) is 0.318. The number of aliphatic hydroxyl groups is 1. The van der Waals surface area contributed by atoms with Gasteiger partial charge in [-0.15, -0.1) is 0 Å². The standard InChI is InChI=1S/C29H44N4O6/c1-3-11-31-12-7-9-28(4-2)22(25(31)35)23-26(36)33(14-5-6-19-34)24-27(37)32(13-8-10-29(23,24)39-28)16-15-30-17-20-38-21-18-30/h7-10,22-24,34H,3-6,11-21H2,1-2H3/t22-,23+,24?,28+,29+/m1/s1. The zero-order chi connectivity index (χ0) is 27.6. The molecule has 5 rings (SSSR count). The average Bonchev–Trinajstić information content (AvgIpc) is 3.23. The second-order valence-corrected chi connectivity index (χ2v) is 11.4. The third-order valence-corrected chi connectivity index (χ3v) is 9.20. The van der Waals surface area contributed by atoms with Crippen LogP contribution in [-0.4, -0.2) is 132 Å². The summed E-state index contributed by atoms with van der Waals surface area (Å²) in [7, 11) is 0. The van der Waals surface area contributed by atoms with Gasteiger partial charge in [0, 0.05) is 59.0 Å². The van der Waals surface area contributed by atoms with Gasteiger partial charge in [-0.05, 0) is 25.7 Å². The smallest absolute Gasteiger partial charge is 0.249 e. The Labute approximate surface area is 231 Å². The summed E-state index contributed by atoms with van der Waals surface area (Å²) in [6.07, 6.45) is 10.3. The fraction of sp³-hybridized carbons (Fsp3) is 0.759. The lowest BCUT2D eigenvalue weighted by Gasteiger charge is -2.39. The van der Waals surface area contributed by atoms with E-state index < -0.39 is 29.1 Å². The Morgan fingerprint density at radius 1 is 0.872 bits per heavy atom. The maximum atomic E-state index is 14.3. The lowest BCUT2D eigenvalue weighted by Crippen LogP contribution is -2.57. The van der Waals surface area contributed by atoms with Crippen LogP contribution in [0.3, 0.4) is 0 Å². The number of fused-ring (bicyclic) bond motifs is 2. The Bertz CT molecular complexity index is 996. The topological polar surface area (TPSA) is 103 Å². The van der Waals surface area contributed by atoms with Gasteiger partial charge in [0.25, 0.3) is 0 Å². The highest BCUT2D eigenvalue weighted by Gasteiger charge is 2.75. The first kappa shape index (κ1) is 28.3. The van der Waals surface area contributed by atoms with Crippen molar-refractivity contribution in [2.24, 2.45) is 11.8 Å². The maximum absolute atomic E-state index is 14.3. The highest BCUT2D eigenvalue weighted by atomic mass is 16.5. The SMILES string of the molecule is CCCN1CC=C[C@]2(CC)O[C@]34C=CCN(CCN5CCOCC5)C(=O)C3N(CCCCO)C(=O)[C@@H]4[C@@H]2C1=O. The second kappa shape index (κ2) is 11.7. The number of hydrogen-bond acceptors (Lipinski definition) is 7. The van der Waals surface area contributed by atoms with E-state index in [-0.39, 0.29) is 24.3 Å². The van der Waals surface area contributed by atoms with E-state index in [4.69, 9.17) is 9.47 Å². The van der Waals surface area contributed by atoms with Crippen LogP contribution >= 0.6 is 0 Å². The molecule has 5 aliphatic heterocycles. The molecule has 0 saturated carbocycles. The van der Waals surface area contributed by atoms with Gasteiger partial charge in [-0.2, -0.15) is 0 Å². The third-order valence-electron chi connectivity index (χ3n) is 9.20. The monoisotopic (exact) mass is 544 g/mol. The van der Waals surface area contributed by atoms with Gasteiger partial charge in [0.05, 0.1) is 30.7 Å². The molecule has 5 aliphatic rings. The van der Waals surface area contributed by atoms with E-state index in [1.165, 1.54) is 0 Å². The van der Waals surface area contributed by atoms with Gasteiger partial charge in [-0.25, -0.2) is 0 Å². The van der Waals surface area contributed by atoms with Crippen molar-refractivity contribution in [3.05, 3.63) is 24.3 Å². The van der Waals surface area contributed by atoms with Gasteiger partial charge in [-0.1, -0.05) is 38.2 Å². The molecule has 0 radical (unpaired) electrons. The predicted molar refractivity (Wildman–Crippen MR) is 145 cm³/mol. The fourth-order valence-electron chi connectivity index (χ4n) is 7.25. The number of amides is 3. The summed E-state index contributed by atoms with van der Waals surface area (Å²) in [6, 6.07) is -0.840. The van der Waals surface area contributed by atoms with Crippen LogP contribution in [-0.2, 0) is 23.9 Å². The van der Waals surface area contributed by atoms with Crippen LogP contribution in [0.1, 0.15) is 39.5 Å². The van der Waals surface area contributed by atoms with Crippen LogP contribution in [0, 0.1) is 11.8 Å². The Balaban J connectivity index is 1.51. The van der Waals surface area contributed by atoms with Crippen molar-refractivity contribution in [3.63, 3.8) is 0 Å². The van der Waals surface area contributed by atoms with Crippen molar-refractivity contribution in [1.82, 2.24) is 19.6 Å². The first-order valence-corrected chi connectivity index (χ1v) is 14.8. The van der Waals surface area contributed by atoms with Crippen LogP contribution in [0.2, 0.25) is 0 Å². The molecule has 10 heteroatoms. The molecular weight excluding hydrogens is 500 g/mol. The molecule has 1 N–H and O–H groups in total. The molecule has 0 aliphatic carbocycles. The lowest BCUT2D eigenvalue weighted by atomic mass is 9.73. The van der Waals surface area contributed by atoms with Crippen LogP contribution in [0.4, 0.5) is 0 Å². The number of carbonyl (C=O) groups excluding carboxylic acids is 3. The van der Waals surface area contributed by atoms with Crippen molar-refractivity contribution < 1.29 is 29.0 Å². The Morgan fingerprint density at radius 2 is 1.59 bits per heavy atom. The molecule has 5 heterocycles. The van der Waals surface area contributed by atoms with Crippen molar-refractivity contribution in [1.29, 1.82) is 0 Å². The molecule has 1 spiro atoms. The molecule has 3 saturated heterocycles. The number of likely N-dealkylation sites (tertiary alicyclic amines) is 1. The normalized spacial score (nSPS) is 34.8. The first-order chi connectivity index (χ1) is 18.9. The van der Waals surface area contributed by atoms with E-state index >= 15 is 0 Å². The molecule has 39 heavy (non-hydrogen) atoms. The molecule has 3 fully saturated rings. The number of hydrogen-bond donors (Lipinski definition) is 1. The van der Waals surface area contributed by atoms with E-state index in [1.54, 1.807) is 4.90 Å². The zero-order valence-corrected chi connectivity index (χ0v) is 23.4. The maximum Gasteiger partial charge on any atom is 0.249 e. The first-order valence-electron chi connectivity index (χ1n) is 14.8. The molecule has 0 aromatic carbocycles. The summed E-state index contributed by atoms with van der Waals surface area (Å²) < 4.78 is 12.5. The number of carbonyl (C=O) groups is 3. The predicted octanol–water partition coefficient (Wildman–Crippen LogP) is 0.659. The molecule has 0 bridgehead atoms. The summed E-state index contributed by atoms with van der Waals surface area (Å²) in [4.78, 5) is 50.4. The third kappa shape index (κ3) is 4.83. The van der Waals surface area contributed by atoms with Gasteiger partial charge < -0.3 is 29.3 Å². The number of nitrogens with zero attached hydrogens (tertiary/aromatic N) is 4. The summed E-state index contributed by atoms with van der Waals surface area (Å²) >= 11 is 0. The number of rotatable bonds is 10. The van der Waals surface area contributed by atoms with E-state index in [1.807, 2.05) is 48.0 Å². The summed E-state index contributed by atoms with van der Waals surface area (Å²) in [5.74, 6) is -1.85. The highest BCUT2D eigenvalue weighted by Crippen LogP contribution is 2.58. The lowest BCUT2D eigenvalue weighted by molar-refractivity contribution is -0.154. The minimum Gasteiger partial charge on any atom is -0.396 e. The minimum atomic E-state index is -1.21. The van der Waals surface area contributed by atoms with Crippen LogP contribution in [0.25, 0.3) is 0 Å². The van der Waals surface area contributed by atoms with E-state index in [9.17, 15) is 19.5 Å². The molecule has 216 valence electrons. The van der Waals surface area contributed by atoms with Crippen LogP contribution in [0.15, 0.2) is 24.3 Å². The molecule has 5 atom stereocenters. The van der Waals surface area contributed by atoms with Gasteiger partial charge in [0.1, 0.15) is 11.6 Å². The molecule has 0 aromatic heterocycles. The second-order valence-electron chi connectivity index (χ2n) is 11.4. The number of morpholine rings is 1. The van der Waals surface area contributed by atoms with Gasteiger partial charge >= 0.3 is 0 Å². The van der Waals surface area contributed by atoms with E-state index in [0.717, 1.165) is 26.1 Å². The van der Waals surface area contributed by atoms with E-state index in [0.29, 0.717) is 65.2 Å². The molecule has 1 unspecified atom stereocenters. The summed E-state index contributed by atoms with van der Waals surface area (Å²) in [5, 5.41) is 9.41. The Kier molecular flexibility index (Phi) is 8.47. The minimum absolute atomic E-state index is 0.0219. The number of unbranched alkanes of at least 4 members (excludes halogenated alkanes) is 1. The number of aliphatic hydroxyl groups excluding tert-OH is 1. The average molecular weight is 545 g/mol. The summed E-state index contributed by atoms with van der Waals surface area (Å²) in [6.45, 7) is 10.3. The van der Waals surface area contributed by atoms with Crippen LogP contribution in [0.5, 0.6) is 0 Å². The molecular formula is C29H44N4O6. The Hall–Kier alpha value is -2.27. The van der Waals surface area contributed by atoms with Gasteiger partial charge in [0.2, 0.25) is 17.7 Å². The fourth-order valence-corrected chi connectivity index (χ4v) is 7.25. The van der Waals surface area contributed by atoms with Crippen molar-refractivity contribution >= 4 is 17.7 Å². The zero-order valence-electron chi connectivity index (χ0n) is 23.4. The Morgan fingerprint density at radius 3 is 2.28 bits per heavy atom.